The number of thioether (sulfide) groups is 1. The summed E-state index contributed by atoms with van der Waals surface area (Å²) in [6.07, 6.45) is 4.95. The third kappa shape index (κ3) is 4.92. The highest BCUT2D eigenvalue weighted by Gasteiger charge is 2.23. The maximum absolute atomic E-state index is 13.0. The maximum atomic E-state index is 13.0. The molecule has 1 aromatic carbocycles. The number of aromatic nitrogens is 2. The van der Waals surface area contributed by atoms with Crippen LogP contribution >= 0.6 is 11.8 Å². The number of ether oxygens (including phenoxy) is 1. The SMILES string of the molecule is COC(=O)CCCNC(=O)CSc1nc2ccccc2c(=O)n1C1CCCC1. The van der Waals surface area contributed by atoms with Crippen molar-refractivity contribution in [3.63, 3.8) is 0 Å². The normalized spacial score (nSPS) is 14.3. The smallest absolute Gasteiger partial charge is 0.305 e. The molecule has 0 unspecified atom stereocenters. The zero-order valence-corrected chi connectivity index (χ0v) is 16.8. The molecular formula is C20H25N3O4S. The molecule has 3 rings (SSSR count). The average Bonchev–Trinajstić information content (AvgIpc) is 3.23. The number of carbonyl (C=O) groups excluding carboxylic acids is 2. The Morgan fingerprint density at radius 1 is 1.29 bits per heavy atom. The minimum absolute atomic E-state index is 0.0292. The molecule has 8 heteroatoms. The molecule has 1 saturated carbocycles. The Bertz CT molecular complexity index is 906. The quantitative estimate of drug-likeness (QED) is 0.315. The average molecular weight is 404 g/mol. The van der Waals surface area contributed by atoms with Gasteiger partial charge in [0, 0.05) is 19.0 Å². The van der Waals surface area contributed by atoms with E-state index in [-0.39, 0.29) is 35.7 Å². The second-order valence-corrected chi connectivity index (χ2v) is 7.79. The van der Waals surface area contributed by atoms with E-state index in [1.807, 2.05) is 18.2 Å². The van der Waals surface area contributed by atoms with E-state index in [9.17, 15) is 14.4 Å². The second kappa shape index (κ2) is 9.73. The fraction of sp³-hybridized carbons (Fsp3) is 0.500. The maximum Gasteiger partial charge on any atom is 0.305 e. The molecule has 1 aromatic heterocycles. The van der Waals surface area contributed by atoms with Gasteiger partial charge >= 0.3 is 5.97 Å². The summed E-state index contributed by atoms with van der Waals surface area (Å²) in [5.74, 6) is -0.254. The first-order valence-electron chi connectivity index (χ1n) is 9.57. The summed E-state index contributed by atoms with van der Waals surface area (Å²) in [4.78, 5) is 41.0. The molecule has 1 heterocycles. The standard InChI is InChI=1S/C20H25N3O4S/c1-27-18(25)11-6-12-21-17(24)13-28-20-22-16-10-5-4-9-15(16)19(26)23(20)14-7-2-3-8-14/h4-5,9-10,14H,2-3,6-8,11-13H2,1H3,(H,21,24). The largest absolute Gasteiger partial charge is 0.469 e. The van der Waals surface area contributed by atoms with Crippen molar-refractivity contribution in [2.24, 2.45) is 0 Å². The van der Waals surface area contributed by atoms with Gasteiger partial charge < -0.3 is 10.1 Å². The Labute approximate surface area is 167 Å². The highest BCUT2D eigenvalue weighted by atomic mass is 32.2. The third-order valence-electron chi connectivity index (χ3n) is 4.91. The summed E-state index contributed by atoms with van der Waals surface area (Å²) in [7, 11) is 1.35. The number of nitrogens with zero attached hydrogens (tertiary/aromatic N) is 2. The van der Waals surface area contributed by atoms with Crippen molar-refractivity contribution in [3.05, 3.63) is 34.6 Å². The molecule has 150 valence electrons. The number of methoxy groups -OCH3 is 1. The molecule has 0 aliphatic heterocycles. The van der Waals surface area contributed by atoms with Crippen molar-refractivity contribution < 1.29 is 14.3 Å². The van der Waals surface area contributed by atoms with Crippen LogP contribution in [0.2, 0.25) is 0 Å². The van der Waals surface area contributed by atoms with E-state index in [4.69, 9.17) is 0 Å². The van der Waals surface area contributed by atoms with Gasteiger partial charge in [-0.05, 0) is 31.4 Å². The molecule has 0 radical (unpaired) electrons. The predicted octanol–water partition coefficient (Wildman–Crippen LogP) is 2.67. The highest BCUT2D eigenvalue weighted by molar-refractivity contribution is 7.99. The molecule has 0 saturated heterocycles. The van der Waals surface area contributed by atoms with E-state index in [1.165, 1.54) is 18.9 Å². The zero-order valence-electron chi connectivity index (χ0n) is 16.0. The van der Waals surface area contributed by atoms with Crippen molar-refractivity contribution in [3.8, 4) is 0 Å². The molecule has 1 aliphatic carbocycles. The lowest BCUT2D eigenvalue weighted by molar-refractivity contribution is -0.140. The van der Waals surface area contributed by atoms with Gasteiger partial charge in [0.2, 0.25) is 5.91 Å². The van der Waals surface area contributed by atoms with Crippen LogP contribution in [0.5, 0.6) is 0 Å². The minimum atomic E-state index is -0.287. The molecular weight excluding hydrogens is 378 g/mol. The Morgan fingerprint density at radius 3 is 2.79 bits per heavy atom. The van der Waals surface area contributed by atoms with E-state index in [1.54, 1.807) is 10.6 Å². The molecule has 1 N–H and O–H groups in total. The number of esters is 1. The van der Waals surface area contributed by atoms with E-state index in [0.717, 1.165) is 25.7 Å². The number of benzene rings is 1. The van der Waals surface area contributed by atoms with Gasteiger partial charge in [0.1, 0.15) is 0 Å². The number of nitrogens with one attached hydrogen (secondary N) is 1. The van der Waals surface area contributed by atoms with Crippen LogP contribution in [-0.4, -0.2) is 40.8 Å². The summed E-state index contributed by atoms with van der Waals surface area (Å²) in [5, 5.41) is 4.00. The summed E-state index contributed by atoms with van der Waals surface area (Å²) < 4.78 is 6.36. The molecule has 1 aliphatic rings. The van der Waals surface area contributed by atoms with E-state index >= 15 is 0 Å². The number of hydrogen-bond acceptors (Lipinski definition) is 6. The minimum Gasteiger partial charge on any atom is -0.469 e. The topological polar surface area (TPSA) is 90.3 Å². The van der Waals surface area contributed by atoms with Crippen LogP contribution in [0.3, 0.4) is 0 Å². The molecule has 1 amide bonds. The van der Waals surface area contributed by atoms with Gasteiger partial charge in [-0.25, -0.2) is 4.98 Å². The summed E-state index contributed by atoms with van der Waals surface area (Å²) in [6.45, 7) is 0.412. The molecule has 7 nitrogen and oxygen atoms in total. The first-order valence-corrected chi connectivity index (χ1v) is 10.6. The number of hydrogen-bond donors (Lipinski definition) is 1. The number of fused-ring (bicyclic) bond motifs is 1. The van der Waals surface area contributed by atoms with Crippen molar-refractivity contribution in [2.45, 2.75) is 49.7 Å². The van der Waals surface area contributed by atoms with Gasteiger partial charge in [0.05, 0.1) is 23.8 Å². The Hall–Kier alpha value is -2.35. The lowest BCUT2D eigenvalue weighted by atomic mass is 10.2. The number of para-hydroxylation sites is 1. The first-order chi connectivity index (χ1) is 13.6. The fourth-order valence-corrected chi connectivity index (χ4v) is 4.35. The Morgan fingerprint density at radius 2 is 2.04 bits per heavy atom. The van der Waals surface area contributed by atoms with Gasteiger partial charge in [-0.2, -0.15) is 0 Å². The molecule has 1 fully saturated rings. The Kier molecular flexibility index (Phi) is 7.08. The van der Waals surface area contributed by atoms with Crippen molar-refractivity contribution >= 4 is 34.5 Å². The van der Waals surface area contributed by atoms with E-state index in [0.29, 0.717) is 29.0 Å². The number of rotatable bonds is 8. The van der Waals surface area contributed by atoms with Crippen LogP contribution in [0.1, 0.15) is 44.6 Å². The number of amides is 1. The van der Waals surface area contributed by atoms with E-state index in [2.05, 4.69) is 15.0 Å². The summed E-state index contributed by atoms with van der Waals surface area (Å²) in [5.41, 5.74) is 0.626. The van der Waals surface area contributed by atoms with Crippen LogP contribution in [0, 0.1) is 0 Å². The zero-order chi connectivity index (χ0) is 19.9. The molecule has 2 aromatic rings. The first kappa shape index (κ1) is 20.4. The van der Waals surface area contributed by atoms with Gasteiger partial charge in [-0.1, -0.05) is 36.7 Å². The van der Waals surface area contributed by atoms with Crippen molar-refractivity contribution in [2.75, 3.05) is 19.4 Å². The summed E-state index contributed by atoms with van der Waals surface area (Å²) in [6, 6.07) is 7.48. The molecule has 0 spiro atoms. The van der Waals surface area contributed by atoms with Crippen LogP contribution in [0.4, 0.5) is 0 Å². The van der Waals surface area contributed by atoms with Gasteiger partial charge in [-0.3, -0.25) is 19.0 Å². The summed E-state index contributed by atoms with van der Waals surface area (Å²) >= 11 is 1.29. The van der Waals surface area contributed by atoms with Crippen molar-refractivity contribution in [1.82, 2.24) is 14.9 Å². The molecule has 0 bridgehead atoms. The Balaban J connectivity index is 1.69. The number of carbonyl (C=O) groups is 2. The van der Waals surface area contributed by atoms with Gasteiger partial charge in [0.15, 0.2) is 5.16 Å². The lowest BCUT2D eigenvalue weighted by Crippen LogP contribution is -2.29. The van der Waals surface area contributed by atoms with Crippen LogP contribution < -0.4 is 10.9 Å². The predicted molar refractivity (Wildman–Crippen MR) is 108 cm³/mol. The van der Waals surface area contributed by atoms with Gasteiger partial charge in [-0.15, -0.1) is 0 Å². The lowest BCUT2D eigenvalue weighted by Gasteiger charge is -2.18. The molecule has 0 atom stereocenters. The third-order valence-corrected chi connectivity index (χ3v) is 5.86. The van der Waals surface area contributed by atoms with E-state index < -0.39 is 0 Å². The van der Waals surface area contributed by atoms with Crippen molar-refractivity contribution in [1.29, 1.82) is 0 Å². The highest BCUT2D eigenvalue weighted by Crippen LogP contribution is 2.32. The molecule has 28 heavy (non-hydrogen) atoms. The second-order valence-electron chi connectivity index (χ2n) is 6.84. The fourth-order valence-electron chi connectivity index (χ4n) is 3.46. The van der Waals surface area contributed by atoms with Crippen LogP contribution in [0.15, 0.2) is 34.2 Å². The van der Waals surface area contributed by atoms with Crippen LogP contribution in [-0.2, 0) is 14.3 Å². The van der Waals surface area contributed by atoms with Crippen LogP contribution in [0.25, 0.3) is 10.9 Å². The van der Waals surface area contributed by atoms with Gasteiger partial charge in [0.25, 0.3) is 5.56 Å². The monoisotopic (exact) mass is 403 g/mol.